The number of aryl methyl sites for hydroxylation is 2. The van der Waals surface area contributed by atoms with Gasteiger partial charge in [-0.2, -0.15) is 5.10 Å². The molecule has 38 heavy (non-hydrogen) atoms. The fourth-order valence-corrected chi connectivity index (χ4v) is 5.13. The van der Waals surface area contributed by atoms with E-state index in [4.69, 9.17) is 14.9 Å². The van der Waals surface area contributed by atoms with Crippen LogP contribution < -0.4 is 16.0 Å². The lowest BCUT2D eigenvalue weighted by Crippen LogP contribution is -2.35. The van der Waals surface area contributed by atoms with Crippen molar-refractivity contribution in [1.29, 1.82) is 0 Å². The zero-order chi connectivity index (χ0) is 26.2. The first-order valence-corrected chi connectivity index (χ1v) is 13.2. The van der Waals surface area contributed by atoms with Crippen LogP contribution >= 0.6 is 0 Å². The predicted octanol–water partition coefficient (Wildman–Crippen LogP) is 4.41. The normalized spacial score (nSPS) is 16.3. The number of anilines is 3. The van der Waals surface area contributed by atoms with Crippen molar-refractivity contribution >= 4 is 34.0 Å². The molecular formula is C28H33N7O3. The highest BCUT2D eigenvalue weighted by Crippen LogP contribution is 2.36. The molecule has 1 saturated carbocycles. The minimum Gasteiger partial charge on any atom is -0.444 e. The standard InChI is InChI=1S/C28H33N7O3/c1-17-21-12-22(31-27(36)23-16-38-28(32-23)20-5-8-30-26(29)11-20)25(13-24(21)34(2)33-17)35-9-6-19(7-10-35)15-37-14-18-3-4-18/h5,8,11-13,16,18-19H,3-4,6-7,9-10,14-15H2,1-2H3,(H2,29,30)(H,31,36). The number of carbonyl (C=O) groups is 1. The SMILES string of the molecule is Cc1nn(C)c2cc(N3CCC(COCC4CC4)CC3)c(NC(=O)c3coc(-c4ccnc(N)c4)n3)cc12. The Bertz CT molecular complexity index is 1460. The maximum atomic E-state index is 13.3. The third-order valence-corrected chi connectivity index (χ3v) is 7.52. The molecular weight excluding hydrogens is 482 g/mol. The van der Waals surface area contributed by atoms with Gasteiger partial charge >= 0.3 is 0 Å². The van der Waals surface area contributed by atoms with Gasteiger partial charge in [-0.25, -0.2) is 9.97 Å². The second kappa shape index (κ2) is 10.1. The third-order valence-electron chi connectivity index (χ3n) is 7.52. The number of benzene rings is 1. The van der Waals surface area contributed by atoms with Gasteiger partial charge in [-0.15, -0.1) is 0 Å². The summed E-state index contributed by atoms with van der Waals surface area (Å²) in [5.41, 5.74) is 10.3. The van der Waals surface area contributed by atoms with Crippen LogP contribution in [0, 0.1) is 18.8 Å². The van der Waals surface area contributed by atoms with Gasteiger partial charge in [0, 0.05) is 50.5 Å². The number of oxazole rings is 1. The number of hydrogen-bond donors (Lipinski definition) is 2. The average molecular weight is 516 g/mol. The number of pyridine rings is 1. The monoisotopic (exact) mass is 515 g/mol. The molecule has 1 amide bonds. The van der Waals surface area contributed by atoms with E-state index in [1.807, 2.05) is 24.7 Å². The first kappa shape index (κ1) is 24.4. The average Bonchev–Trinajstić information content (AvgIpc) is 3.52. The molecule has 3 aromatic heterocycles. The molecule has 0 radical (unpaired) electrons. The number of ether oxygens (including phenoxy) is 1. The fourth-order valence-electron chi connectivity index (χ4n) is 5.13. The van der Waals surface area contributed by atoms with Crippen molar-refractivity contribution in [2.45, 2.75) is 32.6 Å². The molecule has 2 fully saturated rings. The van der Waals surface area contributed by atoms with Crippen LogP contribution in [0.5, 0.6) is 0 Å². The van der Waals surface area contributed by atoms with Gasteiger partial charge in [0.1, 0.15) is 12.1 Å². The Morgan fingerprint density at radius 3 is 2.66 bits per heavy atom. The van der Waals surface area contributed by atoms with E-state index in [0.717, 1.165) is 73.0 Å². The summed E-state index contributed by atoms with van der Waals surface area (Å²) >= 11 is 0. The summed E-state index contributed by atoms with van der Waals surface area (Å²) in [6.45, 7) is 5.53. The number of piperidine rings is 1. The van der Waals surface area contributed by atoms with Crippen molar-refractivity contribution in [1.82, 2.24) is 19.7 Å². The van der Waals surface area contributed by atoms with E-state index < -0.39 is 0 Å². The lowest BCUT2D eigenvalue weighted by atomic mass is 9.97. The van der Waals surface area contributed by atoms with Gasteiger partial charge in [0.05, 0.1) is 22.6 Å². The maximum absolute atomic E-state index is 13.3. The van der Waals surface area contributed by atoms with E-state index in [0.29, 0.717) is 23.2 Å². The van der Waals surface area contributed by atoms with Crippen LogP contribution in [-0.2, 0) is 11.8 Å². The van der Waals surface area contributed by atoms with Crippen LogP contribution in [0.3, 0.4) is 0 Å². The summed E-state index contributed by atoms with van der Waals surface area (Å²) < 4.78 is 13.4. The number of hydrogen-bond acceptors (Lipinski definition) is 8. The molecule has 0 unspecified atom stereocenters. The van der Waals surface area contributed by atoms with Crippen molar-refractivity contribution in [2.75, 3.05) is 42.3 Å². The number of aromatic nitrogens is 4. The van der Waals surface area contributed by atoms with Gasteiger partial charge in [0.15, 0.2) is 5.69 Å². The van der Waals surface area contributed by atoms with Crippen LogP contribution in [0.15, 0.2) is 41.1 Å². The number of rotatable bonds is 8. The summed E-state index contributed by atoms with van der Waals surface area (Å²) in [5.74, 6) is 1.69. The number of nitrogens with two attached hydrogens (primary N) is 1. The molecule has 0 spiro atoms. The first-order chi connectivity index (χ1) is 18.4. The Morgan fingerprint density at radius 1 is 1.16 bits per heavy atom. The van der Waals surface area contributed by atoms with Crippen LogP contribution in [-0.4, -0.2) is 52.0 Å². The van der Waals surface area contributed by atoms with Crippen molar-refractivity contribution in [3.8, 4) is 11.5 Å². The summed E-state index contributed by atoms with van der Waals surface area (Å²) in [6.07, 6.45) is 7.69. The number of nitrogen functional groups attached to an aromatic ring is 1. The third kappa shape index (κ3) is 5.08. The Balaban J connectivity index is 1.22. The van der Waals surface area contributed by atoms with E-state index in [9.17, 15) is 4.79 Å². The van der Waals surface area contributed by atoms with E-state index in [2.05, 4.69) is 31.3 Å². The van der Waals surface area contributed by atoms with E-state index >= 15 is 0 Å². The van der Waals surface area contributed by atoms with Crippen LogP contribution in [0.25, 0.3) is 22.4 Å². The van der Waals surface area contributed by atoms with Gasteiger partial charge in [-0.05, 0) is 68.7 Å². The van der Waals surface area contributed by atoms with Crippen LogP contribution in [0.2, 0.25) is 0 Å². The lowest BCUT2D eigenvalue weighted by Gasteiger charge is -2.34. The number of fused-ring (bicyclic) bond motifs is 1. The Hall–Kier alpha value is -3.92. The molecule has 198 valence electrons. The van der Waals surface area contributed by atoms with Gasteiger partial charge in [-0.3, -0.25) is 9.48 Å². The fraction of sp³-hybridized carbons (Fsp3) is 0.429. The van der Waals surface area contributed by atoms with Gasteiger partial charge < -0.3 is 25.1 Å². The highest BCUT2D eigenvalue weighted by Gasteiger charge is 2.26. The molecule has 3 N–H and O–H groups in total. The molecule has 10 heteroatoms. The molecule has 1 aliphatic heterocycles. The van der Waals surface area contributed by atoms with E-state index in [1.165, 1.54) is 19.1 Å². The number of carbonyl (C=O) groups excluding carboxylic acids is 1. The molecule has 1 aromatic carbocycles. The zero-order valence-corrected chi connectivity index (χ0v) is 21.8. The van der Waals surface area contributed by atoms with Crippen molar-refractivity contribution in [3.05, 3.63) is 48.1 Å². The second-order valence-corrected chi connectivity index (χ2v) is 10.5. The quantitative estimate of drug-likeness (QED) is 0.354. The predicted molar refractivity (Wildman–Crippen MR) is 146 cm³/mol. The largest absolute Gasteiger partial charge is 0.444 e. The van der Waals surface area contributed by atoms with Gasteiger partial charge in [-0.1, -0.05) is 0 Å². The van der Waals surface area contributed by atoms with Crippen LogP contribution in [0.1, 0.15) is 41.9 Å². The topological polar surface area (TPSA) is 124 Å². The highest BCUT2D eigenvalue weighted by atomic mass is 16.5. The highest BCUT2D eigenvalue weighted by molar-refractivity contribution is 6.06. The molecule has 2 aliphatic rings. The summed E-state index contributed by atoms with van der Waals surface area (Å²) in [4.78, 5) is 24.0. The molecule has 0 bridgehead atoms. The minimum absolute atomic E-state index is 0.191. The summed E-state index contributed by atoms with van der Waals surface area (Å²) in [7, 11) is 1.95. The Morgan fingerprint density at radius 2 is 1.92 bits per heavy atom. The maximum Gasteiger partial charge on any atom is 0.277 e. The molecule has 1 aliphatic carbocycles. The second-order valence-electron chi connectivity index (χ2n) is 10.5. The van der Waals surface area contributed by atoms with Crippen LogP contribution in [0.4, 0.5) is 17.2 Å². The molecule has 6 rings (SSSR count). The molecule has 4 heterocycles. The molecule has 10 nitrogen and oxygen atoms in total. The van der Waals surface area contributed by atoms with Crippen molar-refractivity contribution in [3.63, 3.8) is 0 Å². The van der Waals surface area contributed by atoms with Crippen molar-refractivity contribution in [2.24, 2.45) is 18.9 Å². The molecule has 1 saturated heterocycles. The van der Waals surface area contributed by atoms with E-state index in [1.54, 1.807) is 18.3 Å². The minimum atomic E-state index is -0.340. The van der Waals surface area contributed by atoms with Gasteiger partial charge in [0.25, 0.3) is 5.91 Å². The summed E-state index contributed by atoms with van der Waals surface area (Å²) in [6, 6.07) is 7.54. The molecule has 4 aromatic rings. The van der Waals surface area contributed by atoms with Gasteiger partial charge in [0.2, 0.25) is 5.89 Å². The smallest absolute Gasteiger partial charge is 0.277 e. The number of nitrogens with zero attached hydrogens (tertiary/aromatic N) is 5. The summed E-state index contributed by atoms with van der Waals surface area (Å²) in [5, 5.41) is 8.68. The lowest BCUT2D eigenvalue weighted by molar-refractivity contribution is 0.0829. The number of nitrogens with one attached hydrogen (secondary N) is 1. The Labute approximate surface area is 221 Å². The first-order valence-electron chi connectivity index (χ1n) is 13.2. The zero-order valence-electron chi connectivity index (χ0n) is 21.8. The van der Waals surface area contributed by atoms with Crippen molar-refractivity contribution < 1.29 is 13.9 Å². The number of amides is 1. The molecule has 0 atom stereocenters. The Kier molecular flexibility index (Phi) is 6.49. The van der Waals surface area contributed by atoms with E-state index in [-0.39, 0.29) is 11.6 Å².